The van der Waals surface area contributed by atoms with Gasteiger partial charge in [0, 0.05) is 18.1 Å². The summed E-state index contributed by atoms with van der Waals surface area (Å²) >= 11 is 0. The van der Waals surface area contributed by atoms with Crippen LogP contribution in [-0.2, 0) is 0 Å². The molecule has 0 fully saturated rings. The van der Waals surface area contributed by atoms with Gasteiger partial charge >= 0.3 is 0 Å². The van der Waals surface area contributed by atoms with Crippen LogP contribution in [-0.4, -0.2) is 23.1 Å². The zero-order valence-corrected chi connectivity index (χ0v) is 14.2. The van der Waals surface area contributed by atoms with E-state index in [0.29, 0.717) is 0 Å². The van der Waals surface area contributed by atoms with E-state index in [0.717, 1.165) is 22.5 Å². The fourth-order valence-electron chi connectivity index (χ4n) is 2.37. The maximum atomic E-state index is 10.3. The third kappa shape index (κ3) is 3.47. The van der Waals surface area contributed by atoms with Gasteiger partial charge < -0.3 is 4.80 Å². The normalized spacial score (nSPS) is 11.3. The molecule has 0 saturated heterocycles. The van der Waals surface area contributed by atoms with Crippen molar-refractivity contribution in [1.29, 1.82) is 0 Å². The van der Waals surface area contributed by atoms with E-state index < -0.39 is 8.32 Å². The second-order valence-electron chi connectivity index (χ2n) is 5.82. The van der Waals surface area contributed by atoms with Crippen molar-refractivity contribution >= 4 is 30.8 Å². The Hall–Kier alpha value is -2.50. The average molecular weight is 321 g/mol. The Labute approximate surface area is 137 Å². The van der Waals surface area contributed by atoms with Crippen LogP contribution in [0.3, 0.4) is 0 Å². The molecule has 0 atom stereocenters. The van der Waals surface area contributed by atoms with Gasteiger partial charge in [-0.25, -0.2) is 9.97 Å². The first kappa shape index (κ1) is 15.4. The Morgan fingerprint density at radius 3 is 1.70 bits per heavy atom. The lowest BCUT2D eigenvalue weighted by molar-refractivity contribution is 0.568. The SMILES string of the molecule is C[Si](C)(O)c1ccc(N(c2ccccn2)c2ccccn2)cc1. The number of pyridine rings is 2. The van der Waals surface area contributed by atoms with E-state index in [9.17, 15) is 4.80 Å². The predicted molar refractivity (Wildman–Crippen MR) is 96.0 cm³/mol. The van der Waals surface area contributed by atoms with Gasteiger partial charge in [0.1, 0.15) is 11.6 Å². The van der Waals surface area contributed by atoms with Gasteiger partial charge in [0.2, 0.25) is 8.32 Å². The van der Waals surface area contributed by atoms with Crippen molar-refractivity contribution < 1.29 is 4.80 Å². The van der Waals surface area contributed by atoms with E-state index in [1.165, 1.54) is 0 Å². The highest BCUT2D eigenvalue weighted by Gasteiger charge is 2.21. The van der Waals surface area contributed by atoms with Gasteiger partial charge in [-0.1, -0.05) is 24.3 Å². The zero-order valence-electron chi connectivity index (χ0n) is 13.2. The van der Waals surface area contributed by atoms with E-state index in [-0.39, 0.29) is 0 Å². The van der Waals surface area contributed by atoms with Crippen molar-refractivity contribution in [2.24, 2.45) is 0 Å². The van der Waals surface area contributed by atoms with Gasteiger partial charge in [-0.2, -0.15) is 0 Å². The Balaban J connectivity index is 2.06. The first-order valence-electron chi connectivity index (χ1n) is 7.51. The van der Waals surface area contributed by atoms with Crippen LogP contribution in [0.1, 0.15) is 0 Å². The highest BCUT2D eigenvalue weighted by molar-refractivity contribution is 6.83. The predicted octanol–water partition coefficient (Wildman–Crippen LogP) is 3.35. The molecule has 2 aromatic heterocycles. The van der Waals surface area contributed by atoms with Crippen LogP contribution in [0.15, 0.2) is 73.1 Å². The number of benzene rings is 1. The second kappa shape index (κ2) is 6.32. The summed E-state index contributed by atoms with van der Waals surface area (Å²) in [6, 6.07) is 19.6. The second-order valence-corrected chi connectivity index (χ2v) is 9.51. The van der Waals surface area contributed by atoms with Crippen LogP contribution >= 0.6 is 0 Å². The van der Waals surface area contributed by atoms with Gasteiger partial charge in [-0.3, -0.25) is 4.90 Å². The molecule has 0 bridgehead atoms. The van der Waals surface area contributed by atoms with Gasteiger partial charge in [0.15, 0.2) is 0 Å². The smallest absolute Gasteiger partial charge is 0.213 e. The molecule has 0 saturated carbocycles. The maximum Gasteiger partial charge on any atom is 0.213 e. The van der Waals surface area contributed by atoms with Crippen LogP contribution in [0, 0.1) is 0 Å². The monoisotopic (exact) mass is 321 g/mol. The lowest BCUT2D eigenvalue weighted by Crippen LogP contribution is -2.41. The van der Waals surface area contributed by atoms with Crippen LogP contribution in [0.5, 0.6) is 0 Å². The van der Waals surface area contributed by atoms with Crippen LogP contribution < -0.4 is 10.1 Å². The maximum absolute atomic E-state index is 10.3. The molecular formula is C18H19N3OSi. The zero-order chi connectivity index (χ0) is 16.3. The van der Waals surface area contributed by atoms with Gasteiger partial charge in [-0.15, -0.1) is 0 Å². The van der Waals surface area contributed by atoms with Crippen LogP contribution in [0.25, 0.3) is 0 Å². The molecule has 3 rings (SSSR count). The topological polar surface area (TPSA) is 49.2 Å². The molecule has 4 nitrogen and oxygen atoms in total. The van der Waals surface area contributed by atoms with Crippen LogP contribution in [0.4, 0.5) is 17.3 Å². The minimum atomic E-state index is -2.30. The van der Waals surface area contributed by atoms with E-state index in [4.69, 9.17) is 0 Å². The molecule has 1 aromatic carbocycles. The van der Waals surface area contributed by atoms with Crippen molar-refractivity contribution in [3.05, 3.63) is 73.1 Å². The average Bonchev–Trinajstić information content (AvgIpc) is 2.57. The van der Waals surface area contributed by atoms with Gasteiger partial charge in [0.25, 0.3) is 0 Å². The Bertz CT molecular complexity index is 716. The summed E-state index contributed by atoms with van der Waals surface area (Å²) < 4.78 is 0. The molecule has 0 radical (unpaired) electrons. The molecule has 0 amide bonds. The largest absolute Gasteiger partial charge is 0.428 e. The summed E-state index contributed by atoms with van der Waals surface area (Å²) in [7, 11) is -2.30. The Kier molecular flexibility index (Phi) is 4.23. The molecule has 2 heterocycles. The molecule has 23 heavy (non-hydrogen) atoms. The van der Waals surface area contributed by atoms with E-state index in [1.54, 1.807) is 12.4 Å². The van der Waals surface area contributed by atoms with Gasteiger partial charge in [-0.05, 0) is 54.7 Å². The van der Waals surface area contributed by atoms with Crippen molar-refractivity contribution in [3.8, 4) is 0 Å². The molecule has 0 unspecified atom stereocenters. The van der Waals surface area contributed by atoms with Crippen molar-refractivity contribution in [2.75, 3.05) is 4.90 Å². The number of aromatic nitrogens is 2. The summed E-state index contributed by atoms with van der Waals surface area (Å²) in [5, 5.41) is 1.00. The lowest BCUT2D eigenvalue weighted by atomic mass is 10.2. The first-order valence-corrected chi connectivity index (χ1v) is 10.5. The van der Waals surface area contributed by atoms with Crippen molar-refractivity contribution in [1.82, 2.24) is 9.97 Å². The Morgan fingerprint density at radius 2 is 1.30 bits per heavy atom. The molecule has 0 aliphatic heterocycles. The minimum Gasteiger partial charge on any atom is -0.428 e. The molecule has 0 aliphatic carbocycles. The molecule has 0 aliphatic rings. The number of rotatable bonds is 4. The fraction of sp³-hybridized carbons (Fsp3) is 0.111. The number of hydrogen-bond acceptors (Lipinski definition) is 4. The first-order chi connectivity index (χ1) is 11.1. The molecule has 1 N–H and O–H groups in total. The molecular weight excluding hydrogens is 302 g/mol. The van der Waals surface area contributed by atoms with Crippen molar-refractivity contribution in [3.63, 3.8) is 0 Å². The lowest BCUT2D eigenvalue weighted by Gasteiger charge is -2.24. The number of anilines is 3. The van der Waals surface area contributed by atoms with Crippen molar-refractivity contribution in [2.45, 2.75) is 13.1 Å². The summed E-state index contributed by atoms with van der Waals surface area (Å²) in [6.07, 6.45) is 3.53. The Morgan fingerprint density at radius 1 is 0.783 bits per heavy atom. The van der Waals surface area contributed by atoms with E-state index in [1.807, 2.05) is 78.7 Å². The highest BCUT2D eigenvalue weighted by atomic mass is 28.4. The molecule has 3 aromatic rings. The highest BCUT2D eigenvalue weighted by Crippen LogP contribution is 2.30. The van der Waals surface area contributed by atoms with Crippen LogP contribution in [0.2, 0.25) is 13.1 Å². The fourth-order valence-corrected chi connectivity index (χ4v) is 3.35. The summed E-state index contributed by atoms with van der Waals surface area (Å²) in [5.74, 6) is 1.61. The van der Waals surface area contributed by atoms with Gasteiger partial charge in [0.05, 0.1) is 0 Å². The van der Waals surface area contributed by atoms with E-state index >= 15 is 0 Å². The molecule has 0 spiro atoms. The quantitative estimate of drug-likeness (QED) is 0.749. The number of hydrogen-bond donors (Lipinski definition) is 1. The standard InChI is InChI=1S/C18H19N3OSi/c1-23(2,22)16-11-9-15(10-12-16)21(17-7-3-5-13-19-17)18-8-4-6-14-20-18/h3-14,22H,1-2H3. The summed E-state index contributed by atoms with van der Waals surface area (Å²) in [4.78, 5) is 21.1. The molecule has 5 heteroatoms. The summed E-state index contributed by atoms with van der Waals surface area (Å²) in [6.45, 7) is 3.83. The summed E-state index contributed by atoms with van der Waals surface area (Å²) in [5.41, 5.74) is 0.962. The minimum absolute atomic E-state index is 0.805. The van der Waals surface area contributed by atoms with E-state index in [2.05, 4.69) is 9.97 Å². The third-order valence-corrected chi connectivity index (χ3v) is 5.33. The molecule has 116 valence electrons. The number of nitrogens with zero attached hydrogens (tertiary/aromatic N) is 3. The third-order valence-electron chi connectivity index (χ3n) is 3.59.